The van der Waals surface area contributed by atoms with E-state index in [4.69, 9.17) is 23.8 Å². The number of rotatable bonds is 1. The van der Waals surface area contributed by atoms with Crippen molar-refractivity contribution >= 4 is 48.2 Å². The predicted octanol–water partition coefficient (Wildman–Crippen LogP) is 4.21. The fourth-order valence-corrected chi connectivity index (χ4v) is 4.59. The number of aromatic nitrogens is 1. The van der Waals surface area contributed by atoms with E-state index >= 15 is 0 Å². The van der Waals surface area contributed by atoms with Gasteiger partial charge in [0.05, 0.1) is 0 Å². The molecule has 0 spiro atoms. The fraction of sp³-hybridized carbons (Fsp3) is 0. The van der Waals surface area contributed by atoms with E-state index in [1.165, 1.54) is 10.3 Å². The van der Waals surface area contributed by atoms with Gasteiger partial charge in [0.25, 0.3) is 0 Å². The first-order valence-corrected chi connectivity index (χ1v) is 7.64. The van der Waals surface area contributed by atoms with Crippen LogP contribution >= 0.6 is 23.8 Å². The first-order chi connectivity index (χ1) is 8.66. The molecule has 0 radical (unpaired) electrons. The van der Waals surface area contributed by atoms with Crippen LogP contribution in [0.15, 0.2) is 42.5 Å². The second-order valence-corrected chi connectivity index (χ2v) is 6.65. The number of halogens is 2. The molecule has 0 aliphatic rings. The Hall–Kier alpha value is -0.931. The van der Waals surface area contributed by atoms with Crippen molar-refractivity contribution in [2.24, 2.45) is 0 Å². The zero-order valence-corrected chi connectivity index (χ0v) is 12.3. The second kappa shape index (κ2) is 4.63. The van der Waals surface area contributed by atoms with Crippen LogP contribution in [0.25, 0.3) is 15.3 Å². The maximum atomic E-state index is 13.5. The maximum absolute atomic E-state index is 13.5. The Balaban J connectivity index is 2.28. The van der Waals surface area contributed by atoms with Gasteiger partial charge in [0.2, 0.25) is 0 Å². The summed E-state index contributed by atoms with van der Waals surface area (Å²) in [6.45, 7) is 0. The van der Waals surface area contributed by atoms with Crippen LogP contribution in [-0.4, -0.2) is 18.3 Å². The molecule has 90 valence electrons. The van der Waals surface area contributed by atoms with Crippen LogP contribution < -0.4 is 0 Å². The van der Waals surface area contributed by atoms with E-state index in [1.54, 1.807) is 12.1 Å². The molecular weight excluding hydrogens is 336 g/mol. The molecule has 3 aromatic rings. The Morgan fingerprint density at radius 2 is 1.94 bits per heavy atom. The topological polar surface area (TPSA) is 4.93 Å². The third-order valence-electron chi connectivity index (χ3n) is 2.63. The molecule has 0 unspecified atom stereocenters. The molecule has 18 heavy (non-hydrogen) atoms. The first-order valence-electron chi connectivity index (χ1n) is 5.23. The number of hydrogen-bond donors (Lipinski definition) is 0. The summed E-state index contributed by atoms with van der Waals surface area (Å²) in [7, 11) is 0. The van der Waals surface area contributed by atoms with Crippen molar-refractivity contribution in [3.63, 3.8) is 0 Å². The summed E-state index contributed by atoms with van der Waals surface area (Å²) in [6.07, 6.45) is 0. The van der Waals surface area contributed by atoms with Crippen LogP contribution in [0.3, 0.4) is 0 Å². The molecule has 0 fully saturated rings. The Kier molecular flexibility index (Phi) is 3.12. The van der Waals surface area contributed by atoms with Gasteiger partial charge in [-0.25, -0.2) is 0 Å². The van der Waals surface area contributed by atoms with Crippen molar-refractivity contribution in [2.75, 3.05) is 0 Å². The summed E-state index contributed by atoms with van der Waals surface area (Å²) >= 11 is 11.2. The molecule has 1 nitrogen and oxygen atoms in total. The molecule has 0 saturated carbocycles. The molecule has 0 bridgehead atoms. The molecule has 1 aromatic heterocycles. The zero-order chi connectivity index (χ0) is 12.7. The van der Waals surface area contributed by atoms with Crippen LogP contribution in [0.5, 0.6) is 0 Å². The molecule has 0 N–H and O–H groups in total. The normalized spacial score (nSPS) is 11.0. The molecule has 0 amide bonds. The third-order valence-corrected chi connectivity index (χ3v) is 5.97. The Labute approximate surface area is 119 Å². The molecule has 3 rings (SSSR count). The molecule has 1 heterocycles. The van der Waals surface area contributed by atoms with Gasteiger partial charge in [0.15, 0.2) is 0 Å². The van der Waals surface area contributed by atoms with E-state index < -0.39 is 5.82 Å². The Morgan fingerprint density at radius 3 is 2.67 bits per heavy atom. The van der Waals surface area contributed by atoms with Crippen LogP contribution in [0.1, 0.15) is 0 Å². The quantitative estimate of drug-likeness (QED) is 0.474. The predicted molar refractivity (Wildman–Crippen MR) is 76.0 cm³/mol. The summed E-state index contributed by atoms with van der Waals surface area (Å²) < 4.78 is 17.5. The van der Waals surface area contributed by atoms with Gasteiger partial charge >= 0.3 is 120 Å². The van der Waals surface area contributed by atoms with E-state index in [0.717, 1.165) is 15.7 Å². The van der Waals surface area contributed by atoms with Gasteiger partial charge in [-0.3, -0.25) is 0 Å². The standard InChI is InChI=1S/C13H7ClFNSSe/c14-10-6-5-8(7-11(10)15)16-13(17)9-3-1-2-4-12(9)18-16/h1-7H. The second-order valence-electron chi connectivity index (χ2n) is 3.79. The van der Waals surface area contributed by atoms with E-state index in [9.17, 15) is 4.39 Å². The molecule has 2 aromatic carbocycles. The first kappa shape index (κ1) is 12.1. The molecule has 5 heteroatoms. The average molecular weight is 343 g/mol. The van der Waals surface area contributed by atoms with Crippen molar-refractivity contribution in [1.82, 2.24) is 3.56 Å². The minimum atomic E-state index is -0.413. The third kappa shape index (κ3) is 1.95. The zero-order valence-electron chi connectivity index (χ0n) is 9.06. The van der Waals surface area contributed by atoms with Gasteiger partial charge in [-0.1, -0.05) is 0 Å². The van der Waals surface area contributed by atoms with Crippen LogP contribution in [-0.2, 0) is 0 Å². The van der Waals surface area contributed by atoms with Gasteiger partial charge in [0, 0.05) is 0 Å². The van der Waals surface area contributed by atoms with Crippen molar-refractivity contribution in [3.8, 4) is 5.69 Å². The Morgan fingerprint density at radius 1 is 1.17 bits per heavy atom. The van der Waals surface area contributed by atoms with E-state index in [-0.39, 0.29) is 19.8 Å². The van der Waals surface area contributed by atoms with E-state index in [0.29, 0.717) is 0 Å². The average Bonchev–Trinajstić information content (AvgIpc) is 2.71. The summed E-state index contributed by atoms with van der Waals surface area (Å²) in [4.78, 5) is 0. The molecule has 0 aliphatic carbocycles. The van der Waals surface area contributed by atoms with Crippen LogP contribution in [0, 0.1) is 10.5 Å². The number of fused-ring (bicyclic) bond motifs is 1. The van der Waals surface area contributed by atoms with Gasteiger partial charge in [-0.2, -0.15) is 0 Å². The van der Waals surface area contributed by atoms with Gasteiger partial charge in [0.1, 0.15) is 0 Å². The number of nitrogens with zero attached hydrogens (tertiary/aromatic N) is 1. The fourth-order valence-electron chi connectivity index (χ4n) is 1.75. The van der Waals surface area contributed by atoms with Crippen LogP contribution in [0.2, 0.25) is 5.02 Å². The SMILES string of the molecule is Fc1cc(-n2[se]c3ccccc3c2=S)ccc1Cl. The van der Waals surface area contributed by atoms with Crippen molar-refractivity contribution in [1.29, 1.82) is 0 Å². The summed E-state index contributed by atoms with van der Waals surface area (Å²) in [5, 5.41) is 1.21. The molecule has 0 aliphatic heterocycles. The van der Waals surface area contributed by atoms with Crippen molar-refractivity contribution < 1.29 is 4.39 Å². The van der Waals surface area contributed by atoms with Crippen LogP contribution in [0.4, 0.5) is 4.39 Å². The summed E-state index contributed by atoms with van der Waals surface area (Å²) in [5.74, 6) is -0.413. The van der Waals surface area contributed by atoms with Gasteiger partial charge in [-0.05, 0) is 0 Å². The molecular formula is C13H7ClFNSSe. The number of benzene rings is 2. The minimum absolute atomic E-state index is 0.0634. The monoisotopic (exact) mass is 343 g/mol. The van der Waals surface area contributed by atoms with Crippen molar-refractivity contribution in [2.45, 2.75) is 0 Å². The van der Waals surface area contributed by atoms with Gasteiger partial charge in [-0.15, -0.1) is 0 Å². The Bertz CT molecular complexity index is 793. The van der Waals surface area contributed by atoms with Crippen molar-refractivity contribution in [3.05, 3.63) is 57.9 Å². The van der Waals surface area contributed by atoms with E-state index in [2.05, 4.69) is 6.07 Å². The molecule has 0 saturated heterocycles. The van der Waals surface area contributed by atoms with Gasteiger partial charge < -0.3 is 0 Å². The molecule has 0 atom stereocenters. The summed E-state index contributed by atoms with van der Waals surface area (Å²) in [5.41, 5.74) is 0.762. The number of hydrogen-bond acceptors (Lipinski definition) is 1. The van der Waals surface area contributed by atoms with E-state index in [1.807, 2.05) is 21.8 Å². The summed E-state index contributed by atoms with van der Waals surface area (Å²) in [6, 6.07) is 12.8.